The summed E-state index contributed by atoms with van der Waals surface area (Å²) in [6.45, 7) is 4.16. The first-order chi connectivity index (χ1) is 16.2. The summed E-state index contributed by atoms with van der Waals surface area (Å²) in [6, 6.07) is 3.93. The van der Waals surface area contributed by atoms with Gasteiger partial charge in [0.15, 0.2) is 0 Å². The fraction of sp³-hybridized carbons (Fsp3) is 0.583. The molecule has 9 nitrogen and oxygen atoms in total. The number of likely N-dealkylation sites (N-methyl/N-ethyl adjacent to an activating group) is 1. The number of benzene rings is 1. The Balaban J connectivity index is 1.81. The van der Waals surface area contributed by atoms with Gasteiger partial charge >= 0.3 is 0 Å². The highest BCUT2D eigenvalue weighted by Gasteiger charge is 2.45. The van der Waals surface area contributed by atoms with Crippen LogP contribution >= 0.6 is 0 Å². The van der Waals surface area contributed by atoms with Gasteiger partial charge in [0, 0.05) is 25.2 Å². The average molecular weight is 476 g/mol. The molecule has 2 aliphatic heterocycles. The summed E-state index contributed by atoms with van der Waals surface area (Å²) in [4.78, 5) is 55.0. The molecule has 0 bridgehead atoms. The molecule has 10 heteroatoms. The summed E-state index contributed by atoms with van der Waals surface area (Å²) >= 11 is 0. The first kappa shape index (κ1) is 25.6. The van der Waals surface area contributed by atoms with E-state index in [1.807, 2.05) is 13.8 Å². The lowest BCUT2D eigenvalue weighted by Gasteiger charge is -2.39. The van der Waals surface area contributed by atoms with Gasteiger partial charge < -0.3 is 25.8 Å². The maximum atomic E-state index is 13.6. The molecule has 2 heterocycles. The average Bonchev–Trinajstić information content (AvgIpc) is 3.19. The quantitative estimate of drug-likeness (QED) is 0.522. The van der Waals surface area contributed by atoms with Crippen molar-refractivity contribution in [2.45, 2.75) is 63.7 Å². The molecule has 0 radical (unpaired) electrons. The molecule has 3 N–H and O–H groups in total. The molecule has 2 saturated heterocycles. The van der Waals surface area contributed by atoms with E-state index >= 15 is 0 Å². The highest BCUT2D eigenvalue weighted by atomic mass is 19.1. The van der Waals surface area contributed by atoms with E-state index in [1.165, 1.54) is 12.1 Å². The van der Waals surface area contributed by atoms with Crippen LogP contribution in [0, 0.1) is 5.82 Å². The van der Waals surface area contributed by atoms with E-state index in [9.17, 15) is 23.6 Å². The Morgan fingerprint density at radius 1 is 1.12 bits per heavy atom. The molecule has 0 saturated carbocycles. The second-order valence-corrected chi connectivity index (χ2v) is 9.24. The van der Waals surface area contributed by atoms with Gasteiger partial charge in [-0.2, -0.15) is 0 Å². The topological polar surface area (TPSA) is 111 Å². The van der Waals surface area contributed by atoms with Crippen molar-refractivity contribution in [3.05, 3.63) is 35.6 Å². The maximum absolute atomic E-state index is 13.6. The van der Waals surface area contributed by atoms with Gasteiger partial charge in [0.05, 0.1) is 13.0 Å². The smallest absolute Gasteiger partial charge is 0.247 e. The lowest BCUT2D eigenvalue weighted by Crippen LogP contribution is -2.62. The van der Waals surface area contributed by atoms with E-state index < -0.39 is 12.1 Å². The third kappa shape index (κ3) is 6.31. The fourth-order valence-electron chi connectivity index (χ4n) is 4.64. The van der Waals surface area contributed by atoms with Crippen molar-refractivity contribution in [3.63, 3.8) is 0 Å². The van der Waals surface area contributed by atoms with E-state index in [0.29, 0.717) is 31.4 Å². The monoisotopic (exact) mass is 475 g/mol. The van der Waals surface area contributed by atoms with Crippen LogP contribution in [-0.2, 0) is 25.6 Å². The third-order valence-corrected chi connectivity index (χ3v) is 6.22. The van der Waals surface area contributed by atoms with Gasteiger partial charge in [-0.1, -0.05) is 12.1 Å². The lowest BCUT2D eigenvalue weighted by molar-refractivity contribution is -0.146. The van der Waals surface area contributed by atoms with Crippen LogP contribution in [0.15, 0.2) is 24.3 Å². The lowest BCUT2D eigenvalue weighted by atomic mass is 10.1. The predicted octanol–water partition coefficient (Wildman–Crippen LogP) is 0.189. The minimum Gasteiger partial charge on any atom is -0.352 e. The standard InChI is InChI=1S/C24H34FN5O4/c1-15(2)27-23(33)20-9-8-18-10-11-29(22(32)12-16-4-6-17(25)7-5-16)14-19(24(34)30(18)20)28-21(31)13-26-3/h4-7,15,18-20,26H,8-14H2,1-3H3,(H,27,33)(H,28,31)/t18-,19?,20?/m1/s1. The number of carbonyl (C=O) groups is 4. The minimum atomic E-state index is -0.965. The van der Waals surface area contributed by atoms with Crippen LogP contribution in [0.25, 0.3) is 0 Å². The van der Waals surface area contributed by atoms with Gasteiger partial charge in [-0.25, -0.2) is 4.39 Å². The van der Waals surface area contributed by atoms with Crippen molar-refractivity contribution in [2.75, 3.05) is 26.7 Å². The van der Waals surface area contributed by atoms with E-state index in [2.05, 4.69) is 16.0 Å². The van der Waals surface area contributed by atoms with Crippen molar-refractivity contribution >= 4 is 23.6 Å². The van der Waals surface area contributed by atoms with Crippen molar-refractivity contribution in [1.29, 1.82) is 0 Å². The SMILES string of the molecule is CNCC(=O)NC1CN(C(=O)Cc2ccc(F)cc2)CC[C@H]2CCC(C(=O)NC(C)C)N2C1=O. The molecular formula is C24H34FN5O4. The highest BCUT2D eigenvalue weighted by Crippen LogP contribution is 2.29. The minimum absolute atomic E-state index is 0.00998. The van der Waals surface area contributed by atoms with Crippen LogP contribution in [-0.4, -0.2) is 84.3 Å². The van der Waals surface area contributed by atoms with Gasteiger partial charge in [-0.3, -0.25) is 19.2 Å². The molecule has 2 fully saturated rings. The first-order valence-electron chi connectivity index (χ1n) is 11.8. The second kappa shape index (κ2) is 11.4. The van der Waals surface area contributed by atoms with E-state index in [0.717, 1.165) is 0 Å². The van der Waals surface area contributed by atoms with Crippen LogP contribution in [0.5, 0.6) is 0 Å². The van der Waals surface area contributed by atoms with Gasteiger partial charge in [-0.05, 0) is 57.9 Å². The zero-order chi connectivity index (χ0) is 24.8. The van der Waals surface area contributed by atoms with Crippen LogP contribution in [0.2, 0.25) is 0 Å². The molecule has 1 aromatic carbocycles. The summed E-state index contributed by atoms with van der Waals surface area (Å²) in [6.07, 6.45) is 1.80. The number of hydrogen-bond acceptors (Lipinski definition) is 5. The van der Waals surface area contributed by atoms with E-state index in [1.54, 1.807) is 29.0 Å². The Labute approximate surface area is 199 Å². The summed E-state index contributed by atoms with van der Waals surface area (Å²) in [5.74, 6) is -1.50. The number of nitrogens with zero attached hydrogens (tertiary/aromatic N) is 2. The van der Waals surface area contributed by atoms with E-state index in [4.69, 9.17) is 0 Å². The zero-order valence-corrected chi connectivity index (χ0v) is 20.0. The molecule has 2 unspecified atom stereocenters. The van der Waals surface area contributed by atoms with Crippen molar-refractivity contribution in [2.24, 2.45) is 0 Å². The number of nitrogens with one attached hydrogen (secondary N) is 3. The molecule has 0 aliphatic carbocycles. The van der Waals surface area contributed by atoms with Crippen molar-refractivity contribution in [3.8, 4) is 0 Å². The van der Waals surface area contributed by atoms with Crippen molar-refractivity contribution < 1.29 is 23.6 Å². The van der Waals surface area contributed by atoms with Gasteiger partial charge in [0.2, 0.25) is 23.6 Å². The normalized spacial score (nSPS) is 22.7. The van der Waals surface area contributed by atoms with Crippen LogP contribution in [0.4, 0.5) is 4.39 Å². The molecule has 3 atom stereocenters. The van der Waals surface area contributed by atoms with Crippen LogP contribution in [0.3, 0.4) is 0 Å². The molecule has 34 heavy (non-hydrogen) atoms. The molecule has 186 valence electrons. The Morgan fingerprint density at radius 2 is 1.82 bits per heavy atom. The van der Waals surface area contributed by atoms with Crippen molar-refractivity contribution in [1.82, 2.24) is 25.8 Å². The number of rotatable bonds is 7. The summed E-state index contributed by atoms with van der Waals surface area (Å²) in [7, 11) is 1.63. The Kier molecular flexibility index (Phi) is 8.60. The number of halogens is 1. The van der Waals surface area contributed by atoms with Gasteiger partial charge in [0.1, 0.15) is 17.9 Å². The molecule has 0 spiro atoms. The summed E-state index contributed by atoms with van der Waals surface area (Å²) in [5.41, 5.74) is 0.670. The van der Waals surface area contributed by atoms with Gasteiger partial charge in [0.25, 0.3) is 0 Å². The summed E-state index contributed by atoms with van der Waals surface area (Å²) in [5, 5.41) is 8.38. The molecule has 4 amide bonds. The first-order valence-corrected chi connectivity index (χ1v) is 11.8. The zero-order valence-electron chi connectivity index (χ0n) is 20.0. The molecular weight excluding hydrogens is 441 g/mol. The fourth-order valence-corrected chi connectivity index (χ4v) is 4.64. The molecule has 3 rings (SSSR count). The molecule has 1 aromatic rings. The third-order valence-electron chi connectivity index (χ3n) is 6.22. The maximum Gasteiger partial charge on any atom is 0.247 e. The van der Waals surface area contributed by atoms with E-state index in [-0.39, 0.29) is 61.0 Å². The largest absolute Gasteiger partial charge is 0.352 e. The number of carbonyl (C=O) groups excluding carboxylic acids is 4. The number of amides is 4. The molecule has 0 aromatic heterocycles. The Hall–Kier alpha value is -3.01. The second-order valence-electron chi connectivity index (χ2n) is 9.24. The Morgan fingerprint density at radius 3 is 2.47 bits per heavy atom. The highest BCUT2D eigenvalue weighted by molar-refractivity contribution is 5.94. The predicted molar refractivity (Wildman–Crippen MR) is 124 cm³/mol. The number of hydrogen-bond donors (Lipinski definition) is 3. The summed E-state index contributed by atoms with van der Waals surface area (Å²) < 4.78 is 13.2. The van der Waals surface area contributed by atoms with Gasteiger partial charge in [-0.15, -0.1) is 0 Å². The van der Waals surface area contributed by atoms with Crippen LogP contribution in [0.1, 0.15) is 38.7 Å². The molecule has 2 aliphatic rings. The van der Waals surface area contributed by atoms with Crippen LogP contribution < -0.4 is 16.0 Å². The number of fused-ring (bicyclic) bond motifs is 1. The Bertz CT molecular complexity index is 907.